The summed E-state index contributed by atoms with van der Waals surface area (Å²) in [5, 5.41) is 14.0. The number of ether oxygens (including phenoxy) is 1. The van der Waals surface area contributed by atoms with E-state index >= 15 is 0 Å². The average molecular weight is 441 g/mol. The SMILES string of the molecule is O=C1CCc2c(OCC3(O)CCN(c4c(F)cc(F)cc4F)CC3)ccc(Cl)c2N1. The summed E-state index contributed by atoms with van der Waals surface area (Å²) in [4.78, 5) is 13.1. The number of fused-ring (bicyclic) bond motifs is 1. The van der Waals surface area contributed by atoms with Crippen molar-refractivity contribution in [2.24, 2.45) is 0 Å². The van der Waals surface area contributed by atoms with Gasteiger partial charge in [-0.1, -0.05) is 11.6 Å². The van der Waals surface area contributed by atoms with Gasteiger partial charge in [-0.25, -0.2) is 13.2 Å². The molecule has 0 radical (unpaired) electrons. The van der Waals surface area contributed by atoms with Gasteiger partial charge in [0.1, 0.15) is 29.5 Å². The molecular formula is C21H20ClF3N2O3. The van der Waals surface area contributed by atoms with E-state index in [0.717, 1.165) is 5.56 Å². The summed E-state index contributed by atoms with van der Waals surface area (Å²) in [5.41, 5.74) is -0.177. The molecule has 0 unspecified atom stereocenters. The summed E-state index contributed by atoms with van der Waals surface area (Å²) >= 11 is 6.16. The second-order valence-electron chi connectivity index (χ2n) is 7.67. The Bertz CT molecular complexity index is 971. The maximum absolute atomic E-state index is 14.0. The zero-order chi connectivity index (χ0) is 21.5. The molecule has 2 aromatic carbocycles. The molecule has 5 nitrogen and oxygen atoms in total. The van der Waals surface area contributed by atoms with Gasteiger partial charge in [-0.05, 0) is 31.4 Å². The Labute approximate surface area is 176 Å². The zero-order valence-corrected chi connectivity index (χ0v) is 16.7. The Kier molecular flexibility index (Phi) is 5.55. The highest BCUT2D eigenvalue weighted by atomic mass is 35.5. The first kappa shape index (κ1) is 20.8. The maximum Gasteiger partial charge on any atom is 0.224 e. The fraction of sp³-hybridized carbons (Fsp3) is 0.381. The minimum absolute atomic E-state index is 0.0166. The molecule has 2 N–H and O–H groups in total. The van der Waals surface area contributed by atoms with Crippen LogP contribution in [-0.4, -0.2) is 36.3 Å². The van der Waals surface area contributed by atoms with Crippen molar-refractivity contribution >= 4 is 28.9 Å². The van der Waals surface area contributed by atoms with Crippen molar-refractivity contribution in [1.82, 2.24) is 0 Å². The summed E-state index contributed by atoms with van der Waals surface area (Å²) in [7, 11) is 0. The first-order valence-electron chi connectivity index (χ1n) is 9.62. The van der Waals surface area contributed by atoms with E-state index in [2.05, 4.69) is 5.32 Å². The lowest BCUT2D eigenvalue weighted by Crippen LogP contribution is -2.48. The monoisotopic (exact) mass is 440 g/mol. The van der Waals surface area contributed by atoms with Gasteiger partial charge in [-0.15, -0.1) is 0 Å². The number of anilines is 2. The third-order valence-electron chi connectivity index (χ3n) is 5.57. The molecule has 0 saturated carbocycles. The standard InChI is InChI=1S/C21H20ClF3N2O3/c22-14-2-3-17(13-1-4-18(28)26-19(13)14)30-11-21(29)5-7-27(8-6-21)20-15(24)9-12(23)10-16(20)25/h2-3,9-10,29H,1,4-8,11H2,(H,26,28). The van der Waals surface area contributed by atoms with Crippen molar-refractivity contribution in [3.63, 3.8) is 0 Å². The highest BCUT2D eigenvalue weighted by Gasteiger charge is 2.35. The van der Waals surface area contributed by atoms with E-state index in [1.165, 1.54) is 4.90 Å². The van der Waals surface area contributed by atoms with E-state index in [1.54, 1.807) is 12.1 Å². The Hall–Kier alpha value is -2.45. The lowest BCUT2D eigenvalue weighted by atomic mass is 9.92. The highest BCUT2D eigenvalue weighted by molar-refractivity contribution is 6.34. The molecule has 0 bridgehead atoms. The summed E-state index contributed by atoms with van der Waals surface area (Å²) in [6.07, 6.45) is 1.23. The molecule has 0 spiro atoms. The van der Waals surface area contributed by atoms with Gasteiger partial charge in [0.2, 0.25) is 5.91 Å². The van der Waals surface area contributed by atoms with Crippen molar-refractivity contribution in [3.05, 3.63) is 52.3 Å². The van der Waals surface area contributed by atoms with Crippen LogP contribution in [0.5, 0.6) is 5.75 Å². The van der Waals surface area contributed by atoms with Crippen LogP contribution in [0.25, 0.3) is 0 Å². The number of hydrogen-bond acceptors (Lipinski definition) is 4. The topological polar surface area (TPSA) is 61.8 Å². The van der Waals surface area contributed by atoms with Crippen LogP contribution in [0.2, 0.25) is 5.02 Å². The Morgan fingerprint density at radius 2 is 1.80 bits per heavy atom. The van der Waals surface area contributed by atoms with Crippen molar-refractivity contribution in [1.29, 1.82) is 0 Å². The van der Waals surface area contributed by atoms with Gasteiger partial charge in [0.15, 0.2) is 11.6 Å². The Morgan fingerprint density at radius 3 is 2.47 bits per heavy atom. The minimum atomic E-state index is -1.19. The Morgan fingerprint density at radius 1 is 1.13 bits per heavy atom. The van der Waals surface area contributed by atoms with Crippen molar-refractivity contribution in [3.8, 4) is 5.75 Å². The number of aliphatic hydroxyl groups is 1. The molecule has 2 aliphatic rings. The minimum Gasteiger partial charge on any atom is -0.490 e. The van der Waals surface area contributed by atoms with Gasteiger partial charge in [-0.2, -0.15) is 0 Å². The largest absolute Gasteiger partial charge is 0.490 e. The van der Waals surface area contributed by atoms with E-state index in [0.29, 0.717) is 41.4 Å². The van der Waals surface area contributed by atoms with Crippen LogP contribution in [0.15, 0.2) is 24.3 Å². The normalized spacial score (nSPS) is 18.0. The van der Waals surface area contributed by atoms with Gasteiger partial charge in [-0.3, -0.25) is 4.79 Å². The lowest BCUT2D eigenvalue weighted by Gasteiger charge is -2.39. The van der Waals surface area contributed by atoms with Crippen molar-refractivity contribution in [2.75, 3.05) is 29.9 Å². The molecular weight excluding hydrogens is 421 g/mol. The number of hydrogen-bond donors (Lipinski definition) is 2. The van der Waals surface area contributed by atoms with E-state index in [4.69, 9.17) is 16.3 Å². The smallest absolute Gasteiger partial charge is 0.224 e. The van der Waals surface area contributed by atoms with Crippen LogP contribution in [0.1, 0.15) is 24.8 Å². The third kappa shape index (κ3) is 4.06. The fourth-order valence-electron chi connectivity index (χ4n) is 3.90. The van der Waals surface area contributed by atoms with Crippen LogP contribution in [-0.2, 0) is 11.2 Å². The molecule has 1 amide bonds. The lowest BCUT2D eigenvalue weighted by molar-refractivity contribution is -0.116. The molecule has 1 saturated heterocycles. The predicted octanol–water partition coefficient (Wildman–Crippen LogP) is 4.05. The van der Waals surface area contributed by atoms with Gasteiger partial charge in [0.25, 0.3) is 0 Å². The number of carbonyl (C=O) groups is 1. The van der Waals surface area contributed by atoms with Crippen molar-refractivity contribution < 1.29 is 27.8 Å². The molecule has 30 heavy (non-hydrogen) atoms. The number of carbonyl (C=O) groups excluding carboxylic acids is 1. The van der Waals surface area contributed by atoms with Crippen LogP contribution < -0.4 is 15.0 Å². The van der Waals surface area contributed by atoms with Crippen LogP contribution in [0.4, 0.5) is 24.5 Å². The molecule has 2 heterocycles. The predicted molar refractivity (Wildman–Crippen MR) is 107 cm³/mol. The number of nitrogens with zero attached hydrogens (tertiary/aromatic N) is 1. The van der Waals surface area contributed by atoms with E-state index in [9.17, 15) is 23.1 Å². The van der Waals surface area contributed by atoms with E-state index < -0.39 is 23.1 Å². The molecule has 0 aromatic heterocycles. The molecule has 0 atom stereocenters. The average Bonchev–Trinajstić information content (AvgIpc) is 2.69. The van der Waals surface area contributed by atoms with Gasteiger partial charge in [0.05, 0.1) is 10.7 Å². The van der Waals surface area contributed by atoms with Gasteiger partial charge in [0, 0.05) is 37.2 Å². The molecule has 2 aliphatic heterocycles. The third-order valence-corrected chi connectivity index (χ3v) is 5.89. The summed E-state index contributed by atoms with van der Waals surface area (Å²) in [6.45, 7) is 0.361. The van der Waals surface area contributed by atoms with E-state index in [-0.39, 0.29) is 44.1 Å². The molecule has 1 fully saturated rings. The number of benzene rings is 2. The number of rotatable bonds is 4. The number of piperidine rings is 1. The highest BCUT2D eigenvalue weighted by Crippen LogP contribution is 2.38. The quantitative estimate of drug-likeness (QED) is 0.753. The molecule has 0 aliphatic carbocycles. The second kappa shape index (κ2) is 8.00. The summed E-state index contributed by atoms with van der Waals surface area (Å²) in [5.74, 6) is -2.50. The fourth-order valence-corrected chi connectivity index (χ4v) is 4.12. The van der Waals surface area contributed by atoms with Gasteiger partial charge >= 0.3 is 0 Å². The summed E-state index contributed by atoms with van der Waals surface area (Å²) in [6, 6.07) is 4.60. The molecule has 4 rings (SSSR count). The number of amides is 1. The molecule has 2 aromatic rings. The number of nitrogens with one attached hydrogen (secondary N) is 1. The first-order chi connectivity index (χ1) is 14.3. The van der Waals surface area contributed by atoms with E-state index in [1.807, 2.05) is 0 Å². The van der Waals surface area contributed by atoms with Crippen molar-refractivity contribution in [2.45, 2.75) is 31.3 Å². The Balaban J connectivity index is 1.43. The van der Waals surface area contributed by atoms with Gasteiger partial charge < -0.3 is 20.1 Å². The first-order valence-corrected chi connectivity index (χ1v) is 9.99. The maximum atomic E-state index is 14.0. The van der Waals surface area contributed by atoms with Crippen LogP contribution in [0, 0.1) is 17.5 Å². The molecule has 160 valence electrons. The second-order valence-corrected chi connectivity index (χ2v) is 8.07. The molecule has 9 heteroatoms. The van der Waals surface area contributed by atoms with Crippen LogP contribution >= 0.6 is 11.6 Å². The van der Waals surface area contributed by atoms with Crippen LogP contribution in [0.3, 0.4) is 0 Å². The zero-order valence-electron chi connectivity index (χ0n) is 16.0. The number of halogens is 4. The summed E-state index contributed by atoms with van der Waals surface area (Å²) < 4.78 is 47.1.